The number of nitrogens with one attached hydrogen (secondary N) is 2. The van der Waals surface area contributed by atoms with Crippen LogP contribution in [0.25, 0.3) is 16.5 Å². The van der Waals surface area contributed by atoms with Gasteiger partial charge in [0.1, 0.15) is 17.2 Å². The Morgan fingerprint density at radius 2 is 1.89 bits per heavy atom. The average Bonchev–Trinajstić information content (AvgIpc) is 3.54. The van der Waals surface area contributed by atoms with Gasteiger partial charge in [-0.15, -0.1) is 0 Å². The van der Waals surface area contributed by atoms with Crippen molar-refractivity contribution in [3.63, 3.8) is 0 Å². The van der Waals surface area contributed by atoms with E-state index in [1.807, 2.05) is 69.3 Å². The van der Waals surface area contributed by atoms with Gasteiger partial charge in [0.15, 0.2) is 12.0 Å². The molecule has 3 heterocycles. The van der Waals surface area contributed by atoms with Crippen LogP contribution >= 0.6 is 0 Å². The third-order valence-electron chi connectivity index (χ3n) is 7.77. The number of rotatable bonds is 10. The number of aliphatic hydroxyl groups is 3. The number of H-pyrrole nitrogens is 1. The van der Waals surface area contributed by atoms with Crippen molar-refractivity contribution in [3.05, 3.63) is 76.2 Å². The van der Waals surface area contributed by atoms with E-state index in [1.54, 1.807) is 36.5 Å². The predicted molar refractivity (Wildman–Crippen MR) is 171 cm³/mol. The molecule has 0 radical (unpaired) electrons. The number of aliphatic hydroxyl groups excluding tert-OH is 2. The Labute approximate surface area is 257 Å². The minimum Gasteiger partial charge on any atom is -0.456 e. The minimum atomic E-state index is -1.05. The van der Waals surface area contributed by atoms with Crippen molar-refractivity contribution in [2.45, 2.75) is 53.0 Å². The Balaban J connectivity index is 1.80. The zero-order valence-electron chi connectivity index (χ0n) is 26.4. The number of aromatic amines is 1. The second-order valence-electron chi connectivity index (χ2n) is 12.1. The summed E-state index contributed by atoms with van der Waals surface area (Å²) in [6.07, 6.45) is 0.861. The van der Waals surface area contributed by atoms with Crippen molar-refractivity contribution in [1.82, 2.24) is 25.0 Å². The highest BCUT2D eigenvalue weighted by Crippen LogP contribution is 2.44. The Morgan fingerprint density at radius 1 is 1.18 bits per heavy atom. The van der Waals surface area contributed by atoms with E-state index in [-0.39, 0.29) is 19.1 Å². The van der Waals surface area contributed by atoms with Gasteiger partial charge in [-0.05, 0) is 63.9 Å². The van der Waals surface area contributed by atoms with Crippen LogP contribution < -0.4 is 15.0 Å². The van der Waals surface area contributed by atoms with Crippen molar-refractivity contribution in [1.29, 1.82) is 0 Å². The molecule has 0 saturated carbocycles. The molecular weight excluding hydrogens is 560 g/mol. The zero-order valence-corrected chi connectivity index (χ0v) is 26.4. The number of para-hydroxylation sites is 1. The van der Waals surface area contributed by atoms with Crippen LogP contribution in [-0.4, -0.2) is 80.3 Å². The zero-order chi connectivity index (χ0) is 31.9. The summed E-state index contributed by atoms with van der Waals surface area (Å²) in [5.41, 5.74) is 4.62. The number of likely N-dealkylation sites (N-methyl/N-ethyl adjacent to an activating group) is 1. The van der Waals surface area contributed by atoms with Crippen LogP contribution in [0, 0.1) is 13.8 Å². The summed E-state index contributed by atoms with van der Waals surface area (Å²) in [5.74, 6) is 1.66. The van der Waals surface area contributed by atoms with Gasteiger partial charge in [0.25, 0.3) is 5.91 Å². The van der Waals surface area contributed by atoms with Crippen molar-refractivity contribution in [2.24, 2.45) is 0 Å². The normalized spacial score (nSPS) is 14.9. The van der Waals surface area contributed by atoms with Crippen molar-refractivity contribution >= 4 is 28.2 Å². The molecule has 11 nitrogen and oxygen atoms in total. The monoisotopic (exact) mass is 602 g/mol. The Morgan fingerprint density at radius 3 is 2.52 bits per heavy atom. The minimum absolute atomic E-state index is 0.0497. The molecule has 44 heavy (non-hydrogen) atoms. The number of anilines is 1. The lowest BCUT2D eigenvalue weighted by Gasteiger charge is -2.29. The smallest absolute Gasteiger partial charge is 0.267 e. The van der Waals surface area contributed by atoms with Crippen LogP contribution in [-0.2, 0) is 6.54 Å². The molecule has 1 atom stereocenters. The van der Waals surface area contributed by atoms with Gasteiger partial charge >= 0.3 is 0 Å². The lowest BCUT2D eigenvalue weighted by atomic mass is 9.93. The number of hydrogen-bond donors (Lipinski definition) is 5. The van der Waals surface area contributed by atoms with Crippen LogP contribution in [0.3, 0.4) is 0 Å². The number of amides is 1. The molecule has 2 aromatic carbocycles. The molecule has 4 aromatic rings. The van der Waals surface area contributed by atoms with E-state index >= 15 is 0 Å². The van der Waals surface area contributed by atoms with Gasteiger partial charge in [-0.1, -0.05) is 18.2 Å². The first-order valence-electron chi connectivity index (χ1n) is 14.8. The third-order valence-corrected chi connectivity index (χ3v) is 7.77. The molecular formula is C33H42N6O5. The lowest BCUT2D eigenvalue weighted by Crippen LogP contribution is -2.27. The SMILES string of the molecule is CCNC(=O)c1cc2c([nH]1)C(O)N(C)C=C2c1cc2c(cc1Oc1c(C)cccc1C)c(N(C)CCO)nn2CC(C)(C)O. The topological polar surface area (TPSA) is 139 Å². The molecule has 5 N–H and O–H groups in total. The molecule has 1 unspecified atom stereocenters. The van der Waals surface area contributed by atoms with Gasteiger partial charge < -0.3 is 40.2 Å². The fourth-order valence-electron chi connectivity index (χ4n) is 5.61. The molecule has 1 aliphatic rings. The summed E-state index contributed by atoms with van der Waals surface area (Å²) in [4.78, 5) is 19.5. The van der Waals surface area contributed by atoms with Gasteiger partial charge in [-0.2, -0.15) is 5.10 Å². The van der Waals surface area contributed by atoms with E-state index in [2.05, 4.69) is 10.3 Å². The van der Waals surface area contributed by atoms with Gasteiger partial charge in [0, 0.05) is 55.5 Å². The van der Waals surface area contributed by atoms with Gasteiger partial charge in [-0.25, -0.2) is 0 Å². The molecule has 5 rings (SSSR count). The summed E-state index contributed by atoms with van der Waals surface area (Å²) >= 11 is 0. The molecule has 2 aromatic heterocycles. The maximum Gasteiger partial charge on any atom is 0.267 e. The van der Waals surface area contributed by atoms with Crippen LogP contribution in [0.5, 0.6) is 11.5 Å². The predicted octanol–water partition coefficient (Wildman–Crippen LogP) is 4.05. The summed E-state index contributed by atoms with van der Waals surface area (Å²) in [7, 11) is 3.63. The molecule has 0 spiro atoms. The molecule has 234 valence electrons. The Bertz CT molecular complexity index is 1710. The van der Waals surface area contributed by atoms with E-state index in [0.717, 1.165) is 38.9 Å². The van der Waals surface area contributed by atoms with E-state index in [0.29, 0.717) is 41.6 Å². The maximum atomic E-state index is 12.8. The van der Waals surface area contributed by atoms with Gasteiger partial charge in [0.2, 0.25) is 0 Å². The molecule has 1 amide bonds. The molecule has 1 aliphatic heterocycles. The molecule has 0 fully saturated rings. The van der Waals surface area contributed by atoms with Crippen LogP contribution in [0.2, 0.25) is 0 Å². The van der Waals surface area contributed by atoms with E-state index in [9.17, 15) is 20.1 Å². The van der Waals surface area contributed by atoms with E-state index in [4.69, 9.17) is 9.84 Å². The first-order chi connectivity index (χ1) is 20.8. The van der Waals surface area contributed by atoms with Gasteiger partial charge in [-0.3, -0.25) is 9.48 Å². The highest BCUT2D eigenvalue weighted by molar-refractivity contribution is 5.99. The number of carbonyl (C=O) groups excluding carboxylic acids is 1. The van der Waals surface area contributed by atoms with Gasteiger partial charge in [0.05, 0.1) is 30.0 Å². The first kappa shape index (κ1) is 31.1. The quantitative estimate of drug-likeness (QED) is 0.183. The Hall–Kier alpha value is -4.32. The number of fused-ring (bicyclic) bond motifs is 2. The van der Waals surface area contributed by atoms with Crippen molar-refractivity contribution < 1.29 is 24.9 Å². The Kier molecular flexibility index (Phi) is 8.48. The lowest BCUT2D eigenvalue weighted by molar-refractivity contribution is 0.0486. The summed E-state index contributed by atoms with van der Waals surface area (Å²) in [6, 6.07) is 11.7. The van der Waals surface area contributed by atoms with Crippen molar-refractivity contribution in [2.75, 3.05) is 38.7 Å². The highest BCUT2D eigenvalue weighted by Gasteiger charge is 2.31. The van der Waals surface area contributed by atoms with Crippen LogP contribution in [0.15, 0.2) is 42.6 Å². The summed E-state index contributed by atoms with van der Waals surface area (Å²) < 4.78 is 8.51. The number of nitrogens with zero attached hydrogens (tertiary/aromatic N) is 4. The summed E-state index contributed by atoms with van der Waals surface area (Å²) in [5, 5.41) is 40.0. The standard InChI is InChI=1S/C33H42N6O5/c1-8-34-31(41)25-14-22-24(17-38(7)32(42)28(22)35-25)21-15-26-23(16-27(21)44-29-19(2)10-9-11-20(29)3)30(37(6)12-13-40)36-39(26)18-33(4,5)43/h9-11,14-17,32,35,40,42-43H,8,12-13,18H2,1-7H3,(H,34,41). The molecule has 0 bridgehead atoms. The summed E-state index contributed by atoms with van der Waals surface area (Å²) in [6.45, 7) is 10.3. The average molecular weight is 603 g/mol. The fourth-order valence-corrected chi connectivity index (χ4v) is 5.61. The van der Waals surface area contributed by atoms with Crippen LogP contribution in [0.4, 0.5) is 5.82 Å². The first-order valence-corrected chi connectivity index (χ1v) is 14.8. The van der Waals surface area contributed by atoms with E-state index < -0.39 is 11.8 Å². The molecule has 11 heteroatoms. The number of carbonyl (C=O) groups is 1. The molecule has 0 saturated heterocycles. The number of aryl methyl sites for hydroxylation is 2. The second kappa shape index (κ2) is 12.0. The number of aromatic nitrogens is 3. The van der Waals surface area contributed by atoms with Crippen LogP contribution in [0.1, 0.15) is 65.4 Å². The van der Waals surface area contributed by atoms with Crippen molar-refractivity contribution in [3.8, 4) is 11.5 Å². The fraction of sp³-hybridized carbons (Fsp3) is 0.394. The largest absolute Gasteiger partial charge is 0.456 e. The highest BCUT2D eigenvalue weighted by atomic mass is 16.5. The number of hydrogen-bond acceptors (Lipinski definition) is 8. The number of ether oxygens (including phenoxy) is 1. The molecule has 0 aliphatic carbocycles. The second-order valence-corrected chi connectivity index (χ2v) is 12.1. The van der Waals surface area contributed by atoms with E-state index in [1.165, 1.54) is 0 Å². The third kappa shape index (κ3) is 5.90. The number of benzene rings is 2. The maximum absolute atomic E-state index is 12.8.